The number of nitrogens with two attached hydrogens (primary N) is 1. The van der Waals surface area contributed by atoms with Crippen LogP contribution in [-0.2, 0) is 0 Å². The highest BCUT2D eigenvalue weighted by Gasteiger charge is 2.34. The van der Waals surface area contributed by atoms with Crippen LogP contribution in [0.1, 0.15) is 24.8 Å². The molecule has 0 aromatic heterocycles. The van der Waals surface area contributed by atoms with Crippen LogP contribution in [0.3, 0.4) is 0 Å². The molecule has 0 amide bonds. The Morgan fingerprint density at radius 1 is 1.07 bits per heavy atom. The number of hydrogen-bond donors (Lipinski definition) is 1. The molecule has 1 nitrogen and oxygen atoms in total. The van der Waals surface area contributed by atoms with Gasteiger partial charge in [-0.1, -0.05) is 36.4 Å². The molecule has 2 unspecified atom stereocenters. The molecular weight excluding hydrogens is 182 g/mol. The van der Waals surface area contributed by atoms with Gasteiger partial charge in [0.25, 0.3) is 0 Å². The fourth-order valence-electron chi connectivity index (χ4n) is 3.07. The molecule has 78 valence electrons. The van der Waals surface area contributed by atoms with E-state index in [4.69, 9.17) is 5.73 Å². The van der Waals surface area contributed by atoms with Crippen LogP contribution in [0.25, 0.3) is 5.57 Å². The van der Waals surface area contributed by atoms with Crippen molar-refractivity contribution in [1.29, 1.82) is 0 Å². The van der Waals surface area contributed by atoms with E-state index in [1.54, 1.807) is 0 Å². The zero-order valence-electron chi connectivity index (χ0n) is 8.89. The van der Waals surface area contributed by atoms with Gasteiger partial charge in [0, 0.05) is 6.04 Å². The van der Waals surface area contributed by atoms with Gasteiger partial charge in [-0.05, 0) is 42.2 Å². The quantitative estimate of drug-likeness (QED) is 0.739. The molecule has 1 aromatic carbocycles. The first-order chi connectivity index (χ1) is 7.34. The van der Waals surface area contributed by atoms with Crippen LogP contribution in [0.4, 0.5) is 0 Å². The summed E-state index contributed by atoms with van der Waals surface area (Å²) in [7, 11) is 0. The Kier molecular flexibility index (Phi) is 2.14. The predicted octanol–water partition coefficient (Wildman–Crippen LogP) is 2.83. The first-order valence-electron chi connectivity index (χ1n) is 5.87. The molecule has 15 heavy (non-hydrogen) atoms. The van der Waals surface area contributed by atoms with Gasteiger partial charge in [0.15, 0.2) is 0 Å². The van der Waals surface area contributed by atoms with Crippen molar-refractivity contribution in [1.82, 2.24) is 0 Å². The van der Waals surface area contributed by atoms with Gasteiger partial charge < -0.3 is 5.73 Å². The molecule has 0 radical (unpaired) electrons. The molecule has 2 aliphatic rings. The summed E-state index contributed by atoms with van der Waals surface area (Å²) in [4.78, 5) is 0. The lowest BCUT2D eigenvalue weighted by molar-refractivity contribution is 0.472. The summed E-state index contributed by atoms with van der Waals surface area (Å²) in [6, 6.07) is 10.9. The molecule has 2 aliphatic carbocycles. The minimum Gasteiger partial charge on any atom is -0.324 e. The average molecular weight is 199 g/mol. The normalized spacial score (nSPS) is 33.9. The Labute approximate surface area is 91.0 Å². The topological polar surface area (TPSA) is 26.0 Å². The van der Waals surface area contributed by atoms with E-state index >= 15 is 0 Å². The van der Waals surface area contributed by atoms with E-state index in [1.807, 2.05) is 0 Å². The van der Waals surface area contributed by atoms with Crippen LogP contribution in [0.2, 0.25) is 0 Å². The van der Waals surface area contributed by atoms with Gasteiger partial charge in [-0.25, -0.2) is 0 Å². The van der Waals surface area contributed by atoms with E-state index < -0.39 is 0 Å². The standard InChI is InChI=1S/C14H17N/c15-14-12-7-6-10(8-12)9-13(14)11-4-2-1-3-5-11/h1-5,9-10,12,14H,6-8,15H2/t10?,12?,14-/m0/s1. The second-order valence-corrected chi connectivity index (χ2v) is 4.85. The first-order valence-corrected chi connectivity index (χ1v) is 5.87. The summed E-state index contributed by atoms with van der Waals surface area (Å²) in [5, 5.41) is 0. The first kappa shape index (κ1) is 9.17. The van der Waals surface area contributed by atoms with E-state index in [0.29, 0.717) is 0 Å². The number of benzene rings is 1. The number of allylic oxidation sites excluding steroid dienone is 1. The summed E-state index contributed by atoms with van der Waals surface area (Å²) in [5.41, 5.74) is 9.03. The van der Waals surface area contributed by atoms with E-state index in [0.717, 1.165) is 11.8 Å². The highest BCUT2D eigenvalue weighted by Crippen LogP contribution is 2.43. The van der Waals surface area contributed by atoms with Crippen molar-refractivity contribution < 1.29 is 0 Å². The van der Waals surface area contributed by atoms with Crippen molar-refractivity contribution >= 4 is 5.57 Å². The highest BCUT2D eigenvalue weighted by molar-refractivity contribution is 5.71. The summed E-state index contributed by atoms with van der Waals surface area (Å²) in [5.74, 6) is 1.53. The third kappa shape index (κ3) is 1.51. The Balaban J connectivity index is 1.99. The lowest BCUT2D eigenvalue weighted by atomic mass is 9.82. The summed E-state index contributed by atoms with van der Waals surface area (Å²) in [6.45, 7) is 0. The predicted molar refractivity (Wildman–Crippen MR) is 63.2 cm³/mol. The molecule has 2 bridgehead atoms. The molecule has 0 spiro atoms. The van der Waals surface area contributed by atoms with E-state index in [2.05, 4.69) is 36.4 Å². The SMILES string of the molecule is N[C@@H]1C(c2ccccc2)=CC2CCC1C2. The monoisotopic (exact) mass is 199 g/mol. The maximum atomic E-state index is 6.32. The van der Waals surface area contributed by atoms with Crippen molar-refractivity contribution in [2.45, 2.75) is 25.3 Å². The summed E-state index contributed by atoms with van der Waals surface area (Å²) in [6.07, 6.45) is 6.40. The Morgan fingerprint density at radius 3 is 2.67 bits per heavy atom. The van der Waals surface area contributed by atoms with Gasteiger partial charge in [0.2, 0.25) is 0 Å². The van der Waals surface area contributed by atoms with Gasteiger partial charge in [0.05, 0.1) is 0 Å². The van der Waals surface area contributed by atoms with Crippen LogP contribution in [0.15, 0.2) is 36.4 Å². The molecule has 1 saturated carbocycles. The zero-order valence-corrected chi connectivity index (χ0v) is 8.89. The largest absolute Gasteiger partial charge is 0.324 e. The number of hydrogen-bond acceptors (Lipinski definition) is 1. The maximum absolute atomic E-state index is 6.32. The van der Waals surface area contributed by atoms with Crippen molar-refractivity contribution in [3.8, 4) is 0 Å². The van der Waals surface area contributed by atoms with Gasteiger partial charge in [-0.2, -0.15) is 0 Å². The molecule has 0 saturated heterocycles. The lowest BCUT2D eigenvalue weighted by Crippen LogP contribution is -2.32. The van der Waals surface area contributed by atoms with E-state index in [9.17, 15) is 0 Å². The Hall–Kier alpha value is -1.08. The maximum Gasteiger partial charge on any atom is 0.0326 e. The number of fused-ring (bicyclic) bond motifs is 2. The Morgan fingerprint density at radius 2 is 1.87 bits per heavy atom. The molecule has 1 fully saturated rings. The zero-order chi connectivity index (χ0) is 10.3. The van der Waals surface area contributed by atoms with Crippen LogP contribution < -0.4 is 5.73 Å². The molecule has 0 aliphatic heterocycles. The third-order valence-electron chi connectivity index (χ3n) is 3.90. The van der Waals surface area contributed by atoms with Gasteiger partial charge in [-0.3, -0.25) is 0 Å². The molecule has 2 N–H and O–H groups in total. The fraction of sp³-hybridized carbons (Fsp3) is 0.429. The fourth-order valence-corrected chi connectivity index (χ4v) is 3.07. The van der Waals surface area contributed by atoms with Crippen LogP contribution in [0, 0.1) is 11.8 Å². The molecule has 3 atom stereocenters. The molecule has 3 rings (SSSR count). The molecule has 0 heterocycles. The van der Waals surface area contributed by atoms with Crippen LogP contribution in [-0.4, -0.2) is 6.04 Å². The second-order valence-electron chi connectivity index (χ2n) is 4.85. The van der Waals surface area contributed by atoms with Crippen LogP contribution >= 0.6 is 0 Å². The minimum atomic E-state index is 0.270. The molecule has 1 aromatic rings. The molecule has 1 heteroatoms. The van der Waals surface area contributed by atoms with Crippen molar-refractivity contribution in [3.63, 3.8) is 0 Å². The highest BCUT2D eigenvalue weighted by atomic mass is 14.7. The van der Waals surface area contributed by atoms with Crippen molar-refractivity contribution in [2.24, 2.45) is 17.6 Å². The summed E-state index contributed by atoms with van der Waals surface area (Å²) >= 11 is 0. The average Bonchev–Trinajstić information content (AvgIpc) is 2.69. The lowest BCUT2D eigenvalue weighted by Gasteiger charge is -2.27. The smallest absolute Gasteiger partial charge is 0.0326 e. The van der Waals surface area contributed by atoms with E-state index in [1.165, 1.54) is 30.4 Å². The molecular formula is C14H17N. The van der Waals surface area contributed by atoms with Crippen LogP contribution in [0.5, 0.6) is 0 Å². The van der Waals surface area contributed by atoms with Crippen molar-refractivity contribution in [2.75, 3.05) is 0 Å². The summed E-state index contributed by atoms with van der Waals surface area (Å²) < 4.78 is 0. The van der Waals surface area contributed by atoms with Gasteiger partial charge in [-0.15, -0.1) is 0 Å². The van der Waals surface area contributed by atoms with E-state index in [-0.39, 0.29) is 6.04 Å². The second kappa shape index (κ2) is 3.49. The van der Waals surface area contributed by atoms with Gasteiger partial charge >= 0.3 is 0 Å². The third-order valence-corrected chi connectivity index (χ3v) is 3.90. The van der Waals surface area contributed by atoms with Gasteiger partial charge in [0.1, 0.15) is 0 Å². The number of rotatable bonds is 1. The minimum absolute atomic E-state index is 0.270. The Bertz CT molecular complexity index is 380. The van der Waals surface area contributed by atoms with Crippen molar-refractivity contribution in [3.05, 3.63) is 42.0 Å².